The Kier molecular flexibility index (Phi) is 4.01. The minimum Gasteiger partial charge on any atom is -0.396 e. The van der Waals surface area contributed by atoms with E-state index in [0.717, 1.165) is 6.07 Å². The zero-order valence-corrected chi connectivity index (χ0v) is 10.3. The topological polar surface area (TPSA) is 43.7 Å². The van der Waals surface area contributed by atoms with Gasteiger partial charge in [0.25, 0.3) is 0 Å². The summed E-state index contributed by atoms with van der Waals surface area (Å²) in [6.07, 6.45) is -3.76. The van der Waals surface area contributed by atoms with Gasteiger partial charge < -0.3 is 15.1 Å². The number of aliphatic hydroxyl groups excluding tert-OH is 2. The molecule has 1 unspecified atom stereocenters. The number of alkyl halides is 3. The number of hydrogen-bond acceptors (Lipinski definition) is 3. The molecule has 1 atom stereocenters. The van der Waals surface area contributed by atoms with Gasteiger partial charge in [-0.3, -0.25) is 0 Å². The molecule has 1 aromatic rings. The zero-order chi connectivity index (χ0) is 14.0. The highest BCUT2D eigenvalue weighted by molar-refractivity contribution is 5.57. The average molecular weight is 275 g/mol. The van der Waals surface area contributed by atoms with Crippen molar-refractivity contribution in [1.29, 1.82) is 0 Å². The van der Waals surface area contributed by atoms with Gasteiger partial charge in [0, 0.05) is 31.3 Å². The zero-order valence-electron chi connectivity index (χ0n) is 10.3. The Morgan fingerprint density at radius 3 is 2.53 bits per heavy atom. The molecule has 0 radical (unpaired) electrons. The van der Waals surface area contributed by atoms with Crippen LogP contribution in [0.15, 0.2) is 18.2 Å². The molecular weight excluding hydrogens is 259 g/mol. The van der Waals surface area contributed by atoms with Crippen LogP contribution in [0.2, 0.25) is 0 Å². The van der Waals surface area contributed by atoms with Crippen molar-refractivity contribution in [1.82, 2.24) is 0 Å². The summed E-state index contributed by atoms with van der Waals surface area (Å²) >= 11 is 0. The van der Waals surface area contributed by atoms with E-state index in [4.69, 9.17) is 10.2 Å². The van der Waals surface area contributed by atoms with Crippen LogP contribution in [0.25, 0.3) is 0 Å². The molecule has 3 nitrogen and oxygen atoms in total. The summed E-state index contributed by atoms with van der Waals surface area (Å²) in [7, 11) is 0. The van der Waals surface area contributed by atoms with Gasteiger partial charge in [0.05, 0.1) is 12.2 Å². The van der Waals surface area contributed by atoms with Gasteiger partial charge in [-0.15, -0.1) is 0 Å². The first-order valence-corrected chi connectivity index (χ1v) is 6.12. The normalized spacial score (nSPS) is 20.1. The summed E-state index contributed by atoms with van der Waals surface area (Å²) in [4.78, 5) is 1.64. The van der Waals surface area contributed by atoms with Crippen molar-refractivity contribution in [3.63, 3.8) is 0 Å². The van der Waals surface area contributed by atoms with Crippen LogP contribution in [0.5, 0.6) is 0 Å². The molecule has 0 aliphatic carbocycles. The number of rotatable bonds is 3. The first-order valence-electron chi connectivity index (χ1n) is 6.12. The molecule has 106 valence electrons. The minimum atomic E-state index is -4.45. The van der Waals surface area contributed by atoms with E-state index in [9.17, 15) is 13.2 Å². The Hall–Kier alpha value is -1.27. The number of nitrogens with zero attached hydrogens (tertiary/aromatic N) is 1. The molecule has 1 aliphatic heterocycles. The lowest BCUT2D eigenvalue weighted by Crippen LogP contribution is -2.24. The van der Waals surface area contributed by atoms with Gasteiger partial charge in [0.1, 0.15) is 0 Å². The highest BCUT2D eigenvalue weighted by Crippen LogP contribution is 2.38. The van der Waals surface area contributed by atoms with E-state index in [1.165, 1.54) is 12.1 Å². The summed E-state index contributed by atoms with van der Waals surface area (Å²) in [5, 5.41) is 18.0. The van der Waals surface area contributed by atoms with Crippen molar-refractivity contribution in [2.45, 2.75) is 19.2 Å². The van der Waals surface area contributed by atoms with Crippen LogP contribution in [0, 0.1) is 5.92 Å². The molecular formula is C13H16F3NO2. The first kappa shape index (κ1) is 14.1. The lowest BCUT2D eigenvalue weighted by molar-refractivity contribution is -0.137. The highest BCUT2D eigenvalue weighted by atomic mass is 19.4. The molecule has 0 aromatic heterocycles. The van der Waals surface area contributed by atoms with Gasteiger partial charge in [-0.2, -0.15) is 13.2 Å². The molecule has 0 spiro atoms. The third kappa shape index (κ3) is 3.01. The molecule has 6 heteroatoms. The van der Waals surface area contributed by atoms with E-state index in [1.54, 1.807) is 4.90 Å². The first-order chi connectivity index (χ1) is 8.95. The second-order valence-corrected chi connectivity index (χ2v) is 4.79. The van der Waals surface area contributed by atoms with Crippen LogP contribution in [0.1, 0.15) is 17.5 Å². The van der Waals surface area contributed by atoms with Crippen molar-refractivity contribution in [2.24, 2.45) is 5.92 Å². The SMILES string of the molecule is OCc1ccc(N2CCC(CO)C2)c(C(F)(F)F)c1. The third-order valence-corrected chi connectivity index (χ3v) is 3.43. The lowest BCUT2D eigenvalue weighted by Gasteiger charge is -2.23. The number of aliphatic hydroxyl groups is 2. The van der Waals surface area contributed by atoms with E-state index >= 15 is 0 Å². The number of halogens is 3. The molecule has 2 N–H and O–H groups in total. The molecule has 0 amide bonds. The van der Waals surface area contributed by atoms with E-state index in [0.29, 0.717) is 19.5 Å². The summed E-state index contributed by atoms with van der Waals surface area (Å²) in [5.74, 6) is 0.0265. The van der Waals surface area contributed by atoms with Crippen molar-refractivity contribution in [2.75, 3.05) is 24.6 Å². The van der Waals surface area contributed by atoms with Gasteiger partial charge >= 0.3 is 6.18 Å². The van der Waals surface area contributed by atoms with Gasteiger partial charge in [0.15, 0.2) is 0 Å². The summed E-state index contributed by atoms with van der Waals surface area (Å²) in [6.45, 7) is 0.514. The smallest absolute Gasteiger partial charge is 0.396 e. The molecule has 19 heavy (non-hydrogen) atoms. The predicted octanol–water partition coefficient (Wildman–Crippen LogP) is 2.02. The fourth-order valence-electron chi connectivity index (χ4n) is 2.38. The van der Waals surface area contributed by atoms with Crippen molar-refractivity contribution in [3.05, 3.63) is 29.3 Å². The summed E-state index contributed by atoms with van der Waals surface area (Å²) in [6, 6.07) is 3.88. The number of benzene rings is 1. The second kappa shape index (κ2) is 5.38. The molecule has 1 aliphatic rings. The monoisotopic (exact) mass is 275 g/mol. The maximum Gasteiger partial charge on any atom is 0.418 e. The minimum absolute atomic E-state index is 0.00737. The Morgan fingerprint density at radius 2 is 2.00 bits per heavy atom. The fraction of sp³-hybridized carbons (Fsp3) is 0.538. The second-order valence-electron chi connectivity index (χ2n) is 4.79. The van der Waals surface area contributed by atoms with Crippen molar-refractivity contribution in [3.8, 4) is 0 Å². The van der Waals surface area contributed by atoms with E-state index in [-0.39, 0.29) is 23.8 Å². The Balaban J connectivity index is 2.34. The van der Waals surface area contributed by atoms with Crippen molar-refractivity contribution >= 4 is 5.69 Å². The van der Waals surface area contributed by atoms with Gasteiger partial charge in [-0.1, -0.05) is 6.07 Å². The van der Waals surface area contributed by atoms with Gasteiger partial charge in [-0.05, 0) is 24.1 Å². The van der Waals surface area contributed by atoms with E-state index in [1.807, 2.05) is 0 Å². The molecule has 1 aromatic carbocycles. The fourth-order valence-corrected chi connectivity index (χ4v) is 2.38. The quantitative estimate of drug-likeness (QED) is 0.887. The van der Waals surface area contributed by atoms with E-state index < -0.39 is 18.3 Å². The predicted molar refractivity (Wildman–Crippen MR) is 64.8 cm³/mol. The van der Waals surface area contributed by atoms with Gasteiger partial charge in [-0.25, -0.2) is 0 Å². The molecule has 1 heterocycles. The van der Waals surface area contributed by atoms with Crippen LogP contribution in [-0.2, 0) is 12.8 Å². The Morgan fingerprint density at radius 1 is 1.26 bits per heavy atom. The van der Waals surface area contributed by atoms with Crippen LogP contribution >= 0.6 is 0 Å². The maximum absolute atomic E-state index is 13.0. The number of anilines is 1. The Labute approximate surface area is 109 Å². The number of hydrogen-bond donors (Lipinski definition) is 2. The summed E-state index contributed by atoms with van der Waals surface area (Å²) < 4.78 is 39.1. The van der Waals surface area contributed by atoms with E-state index in [2.05, 4.69) is 0 Å². The Bertz CT molecular complexity index is 448. The molecule has 1 fully saturated rings. The van der Waals surface area contributed by atoms with Gasteiger partial charge in [0.2, 0.25) is 0 Å². The maximum atomic E-state index is 13.0. The largest absolute Gasteiger partial charge is 0.418 e. The van der Waals surface area contributed by atoms with Crippen LogP contribution in [-0.4, -0.2) is 29.9 Å². The standard InChI is InChI=1S/C13H16F3NO2/c14-13(15,16)11-5-9(7-18)1-2-12(11)17-4-3-10(6-17)8-19/h1-2,5,10,18-19H,3-4,6-8H2. The van der Waals surface area contributed by atoms with Crippen LogP contribution in [0.4, 0.5) is 18.9 Å². The highest BCUT2D eigenvalue weighted by Gasteiger charge is 2.36. The van der Waals surface area contributed by atoms with Crippen molar-refractivity contribution < 1.29 is 23.4 Å². The molecule has 0 saturated carbocycles. The summed E-state index contributed by atoms with van der Waals surface area (Å²) in [5.41, 5.74) is -0.354. The third-order valence-electron chi connectivity index (χ3n) is 3.43. The van der Waals surface area contributed by atoms with Crippen LogP contribution in [0.3, 0.4) is 0 Å². The van der Waals surface area contributed by atoms with Crippen LogP contribution < -0.4 is 4.90 Å². The molecule has 1 saturated heterocycles. The molecule has 0 bridgehead atoms. The molecule has 2 rings (SSSR count). The lowest BCUT2D eigenvalue weighted by atomic mass is 10.1. The average Bonchev–Trinajstić information content (AvgIpc) is 2.85.